The summed E-state index contributed by atoms with van der Waals surface area (Å²) >= 11 is 0. The monoisotopic (exact) mass is 268 g/mol. The standard InChI is InChI=1S/C14H17FO4/c15-11-7-10(14(16)17)8-13(9-11)19-6-2-4-12-3-1-5-18-12/h7-9,12H,1-6H2,(H,16,17). The number of benzene rings is 1. The first-order valence-corrected chi connectivity index (χ1v) is 6.43. The van der Waals surface area contributed by atoms with Gasteiger partial charge in [0.25, 0.3) is 0 Å². The van der Waals surface area contributed by atoms with E-state index in [0.29, 0.717) is 12.7 Å². The number of carboxylic acid groups (broad SMARTS) is 1. The van der Waals surface area contributed by atoms with Gasteiger partial charge >= 0.3 is 5.97 Å². The zero-order valence-electron chi connectivity index (χ0n) is 10.6. The highest BCUT2D eigenvalue weighted by Crippen LogP contribution is 2.19. The van der Waals surface area contributed by atoms with E-state index in [1.165, 1.54) is 12.1 Å². The van der Waals surface area contributed by atoms with Gasteiger partial charge in [-0.05, 0) is 37.8 Å². The lowest BCUT2D eigenvalue weighted by Crippen LogP contribution is -2.08. The van der Waals surface area contributed by atoms with Gasteiger partial charge in [0.2, 0.25) is 0 Å². The second kappa shape index (κ2) is 6.52. The largest absolute Gasteiger partial charge is 0.493 e. The predicted octanol–water partition coefficient (Wildman–Crippen LogP) is 2.86. The van der Waals surface area contributed by atoms with E-state index in [9.17, 15) is 9.18 Å². The topological polar surface area (TPSA) is 55.8 Å². The Balaban J connectivity index is 1.80. The van der Waals surface area contributed by atoms with Gasteiger partial charge in [0, 0.05) is 12.7 Å². The second-order valence-corrected chi connectivity index (χ2v) is 4.61. The van der Waals surface area contributed by atoms with Crippen LogP contribution in [0.3, 0.4) is 0 Å². The molecule has 0 amide bonds. The molecule has 1 heterocycles. The molecule has 104 valence electrons. The third kappa shape index (κ3) is 4.21. The van der Waals surface area contributed by atoms with E-state index in [4.69, 9.17) is 14.6 Å². The minimum atomic E-state index is -1.16. The predicted molar refractivity (Wildman–Crippen MR) is 67.1 cm³/mol. The summed E-state index contributed by atoms with van der Waals surface area (Å²) in [6, 6.07) is 3.50. The molecular formula is C14H17FO4. The van der Waals surface area contributed by atoms with Gasteiger partial charge in [-0.25, -0.2) is 9.18 Å². The lowest BCUT2D eigenvalue weighted by atomic mass is 10.1. The van der Waals surface area contributed by atoms with Crippen molar-refractivity contribution in [1.29, 1.82) is 0 Å². The molecule has 1 aromatic rings. The molecule has 1 aliphatic heterocycles. The molecule has 1 fully saturated rings. The number of rotatable bonds is 6. The normalized spacial score (nSPS) is 18.5. The molecule has 0 radical (unpaired) electrons. The van der Waals surface area contributed by atoms with Crippen LogP contribution in [-0.2, 0) is 4.74 Å². The molecule has 0 spiro atoms. The van der Waals surface area contributed by atoms with E-state index >= 15 is 0 Å². The first-order valence-electron chi connectivity index (χ1n) is 6.43. The Morgan fingerprint density at radius 3 is 3.00 bits per heavy atom. The Labute approximate surface area is 111 Å². The molecule has 0 saturated carbocycles. The molecule has 1 aliphatic rings. The maximum Gasteiger partial charge on any atom is 0.335 e. The van der Waals surface area contributed by atoms with Gasteiger partial charge in [-0.3, -0.25) is 0 Å². The average Bonchev–Trinajstić information content (AvgIpc) is 2.87. The van der Waals surface area contributed by atoms with Crippen LogP contribution in [0, 0.1) is 5.82 Å². The van der Waals surface area contributed by atoms with Gasteiger partial charge in [0.1, 0.15) is 11.6 Å². The highest BCUT2D eigenvalue weighted by molar-refractivity contribution is 5.88. The third-order valence-corrected chi connectivity index (χ3v) is 3.08. The number of carboxylic acids is 1. The first-order chi connectivity index (χ1) is 9.15. The summed E-state index contributed by atoms with van der Waals surface area (Å²) in [5.41, 5.74) is -0.103. The smallest absolute Gasteiger partial charge is 0.335 e. The zero-order chi connectivity index (χ0) is 13.7. The van der Waals surface area contributed by atoms with Crippen molar-refractivity contribution in [1.82, 2.24) is 0 Å². The summed E-state index contributed by atoms with van der Waals surface area (Å²) in [5, 5.41) is 8.81. The zero-order valence-corrected chi connectivity index (χ0v) is 10.6. The van der Waals surface area contributed by atoms with Crippen LogP contribution >= 0.6 is 0 Å². The van der Waals surface area contributed by atoms with Crippen LogP contribution < -0.4 is 4.74 Å². The van der Waals surface area contributed by atoms with Crippen molar-refractivity contribution < 1.29 is 23.8 Å². The number of hydrogen-bond acceptors (Lipinski definition) is 3. The van der Waals surface area contributed by atoms with Crippen LogP contribution in [0.1, 0.15) is 36.0 Å². The van der Waals surface area contributed by atoms with E-state index in [0.717, 1.165) is 38.4 Å². The molecule has 1 saturated heterocycles. The fraction of sp³-hybridized carbons (Fsp3) is 0.500. The van der Waals surface area contributed by atoms with Gasteiger partial charge < -0.3 is 14.6 Å². The van der Waals surface area contributed by atoms with Crippen LogP contribution in [0.15, 0.2) is 18.2 Å². The first kappa shape index (κ1) is 13.8. The lowest BCUT2D eigenvalue weighted by molar-refractivity contribution is 0.0695. The molecule has 0 aromatic heterocycles. The summed E-state index contributed by atoms with van der Waals surface area (Å²) in [4.78, 5) is 10.8. The second-order valence-electron chi connectivity index (χ2n) is 4.61. The van der Waals surface area contributed by atoms with E-state index in [-0.39, 0.29) is 11.3 Å². The molecular weight excluding hydrogens is 251 g/mol. The number of hydrogen-bond donors (Lipinski definition) is 1. The van der Waals surface area contributed by atoms with Crippen LogP contribution in [0.4, 0.5) is 4.39 Å². The molecule has 1 aromatic carbocycles. The van der Waals surface area contributed by atoms with Gasteiger partial charge in [-0.2, -0.15) is 0 Å². The molecule has 4 nitrogen and oxygen atoms in total. The van der Waals surface area contributed by atoms with Crippen molar-refractivity contribution in [3.8, 4) is 5.75 Å². The molecule has 1 atom stereocenters. The lowest BCUT2D eigenvalue weighted by Gasteiger charge is -2.10. The average molecular weight is 268 g/mol. The van der Waals surface area contributed by atoms with Gasteiger partial charge in [-0.1, -0.05) is 0 Å². The highest BCUT2D eigenvalue weighted by atomic mass is 19.1. The van der Waals surface area contributed by atoms with Crippen LogP contribution in [0.2, 0.25) is 0 Å². The van der Waals surface area contributed by atoms with E-state index in [2.05, 4.69) is 0 Å². The van der Waals surface area contributed by atoms with E-state index < -0.39 is 11.8 Å². The van der Waals surface area contributed by atoms with Crippen molar-refractivity contribution >= 4 is 5.97 Å². The minimum Gasteiger partial charge on any atom is -0.493 e. The SMILES string of the molecule is O=C(O)c1cc(F)cc(OCCCC2CCCO2)c1. The quantitative estimate of drug-likeness (QED) is 0.806. The van der Waals surface area contributed by atoms with Crippen molar-refractivity contribution in [2.75, 3.05) is 13.2 Å². The molecule has 0 aliphatic carbocycles. The number of aromatic carboxylic acids is 1. The summed E-state index contributed by atoms with van der Waals surface area (Å²) in [7, 11) is 0. The molecule has 1 unspecified atom stereocenters. The fourth-order valence-corrected chi connectivity index (χ4v) is 2.14. The van der Waals surface area contributed by atoms with Gasteiger partial charge in [0.15, 0.2) is 0 Å². The van der Waals surface area contributed by atoms with Crippen molar-refractivity contribution in [2.24, 2.45) is 0 Å². The van der Waals surface area contributed by atoms with Crippen LogP contribution in [0.5, 0.6) is 5.75 Å². The Bertz CT molecular complexity index is 441. The third-order valence-electron chi connectivity index (χ3n) is 3.08. The van der Waals surface area contributed by atoms with E-state index in [1.807, 2.05) is 0 Å². The molecule has 2 rings (SSSR count). The number of ether oxygens (including phenoxy) is 2. The summed E-state index contributed by atoms with van der Waals surface area (Å²) in [6.45, 7) is 1.26. The van der Waals surface area contributed by atoms with Crippen molar-refractivity contribution in [3.63, 3.8) is 0 Å². The van der Waals surface area contributed by atoms with Crippen molar-refractivity contribution in [3.05, 3.63) is 29.6 Å². The van der Waals surface area contributed by atoms with Crippen molar-refractivity contribution in [2.45, 2.75) is 31.8 Å². The maximum absolute atomic E-state index is 13.2. The number of carbonyl (C=O) groups is 1. The Kier molecular flexibility index (Phi) is 4.74. The van der Waals surface area contributed by atoms with Crippen LogP contribution in [-0.4, -0.2) is 30.4 Å². The molecule has 5 heteroatoms. The van der Waals surface area contributed by atoms with Gasteiger partial charge in [-0.15, -0.1) is 0 Å². The summed E-state index contributed by atoms with van der Waals surface area (Å²) < 4.78 is 24.0. The van der Waals surface area contributed by atoms with Gasteiger partial charge in [0.05, 0.1) is 18.3 Å². The van der Waals surface area contributed by atoms with E-state index in [1.54, 1.807) is 0 Å². The molecule has 1 N–H and O–H groups in total. The minimum absolute atomic E-state index is 0.103. The highest BCUT2D eigenvalue weighted by Gasteiger charge is 2.14. The molecule has 0 bridgehead atoms. The Morgan fingerprint density at radius 2 is 2.32 bits per heavy atom. The Hall–Kier alpha value is -1.62. The summed E-state index contributed by atoms with van der Waals surface area (Å²) in [6.07, 6.45) is 4.23. The fourth-order valence-electron chi connectivity index (χ4n) is 2.14. The Morgan fingerprint density at radius 1 is 1.47 bits per heavy atom. The summed E-state index contributed by atoms with van der Waals surface area (Å²) in [5.74, 6) is -1.51. The number of halogens is 1. The maximum atomic E-state index is 13.2. The molecule has 19 heavy (non-hydrogen) atoms. The van der Waals surface area contributed by atoms with Crippen LogP contribution in [0.25, 0.3) is 0 Å².